The van der Waals surface area contributed by atoms with Crippen molar-refractivity contribution in [3.63, 3.8) is 0 Å². The largest absolute Gasteiger partial charge is 0.462 e. The Morgan fingerprint density at radius 1 is 0.533 bits per heavy atom. The van der Waals surface area contributed by atoms with Crippen LogP contribution in [0.25, 0.3) is 0 Å². The van der Waals surface area contributed by atoms with Gasteiger partial charge in [-0.05, 0) is 51.4 Å². The second kappa shape index (κ2) is 33.3. The first-order chi connectivity index (χ1) is 29.0. The highest BCUT2D eigenvalue weighted by Gasteiger charge is 2.47. The number of unbranched alkanes of at least 4 members (excludes halogenated alkanes) is 13. The number of carbonyl (C=O) groups excluding carboxylic acids is 2. The predicted octanol–water partition coefficient (Wildman–Crippen LogP) is 4.59. The van der Waals surface area contributed by atoms with Gasteiger partial charge in [0.2, 0.25) is 0 Å². The summed E-state index contributed by atoms with van der Waals surface area (Å²) in [5.74, 6) is -0.960. The molecule has 2 saturated heterocycles. The van der Waals surface area contributed by atoms with E-state index in [0.717, 1.165) is 77.0 Å². The Kier molecular flexibility index (Phi) is 29.9. The van der Waals surface area contributed by atoms with Gasteiger partial charge in [-0.25, -0.2) is 0 Å². The maximum absolute atomic E-state index is 12.8. The molecule has 0 aromatic carbocycles. The van der Waals surface area contributed by atoms with Crippen molar-refractivity contribution in [3.8, 4) is 0 Å². The van der Waals surface area contributed by atoms with Crippen LogP contribution in [0.4, 0.5) is 0 Å². The summed E-state index contributed by atoms with van der Waals surface area (Å²) in [4.78, 5) is 25.5. The Bertz CT molecular complexity index is 1200. The maximum atomic E-state index is 12.8. The zero-order valence-corrected chi connectivity index (χ0v) is 36.2. The minimum atomic E-state index is -1.76. The van der Waals surface area contributed by atoms with Crippen molar-refractivity contribution in [2.45, 2.75) is 210 Å². The van der Waals surface area contributed by atoms with E-state index in [0.29, 0.717) is 12.8 Å². The second-order valence-corrected chi connectivity index (χ2v) is 15.9. The molecule has 2 heterocycles. The molecule has 11 atom stereocenters. The molecular formula is C45H78O15. The summed E-state index contributed by atoms with van der Waals surface area (Å²) >= 11 is 0. The molecule has 0 aliphatic carbocycles. The third-order valence-electron chi connectivity index (χ3n) is 10.6. The quantitative estimate of drug-likeness (QED) is 0.0272. The van der Waals surface area contributed by atoms with Gasteiger partial charge in [0, 0.05) is 12.8 Å². The SMILES string of the molecule is CCCCC/C=C/C/C=C/C/C=C/CCCCCCC(=O)OC[C@@H](CO[C@@H]1O[C@H](CO[C@@H]2O[C@H](CO)[C@H](O)C(O)C2O)[C@H](O)C(O)C1O)OC(=O)CCCCCCCCC. The van der Waals surface area contributed by atoms with E-state index in [9.17, 15) is 45.3 Å². The monoisotopic (exact) mass is 859 g/mol. The number of esters is 2. The fourth-order valence-corrected chi connectivity index (χ4v) is 6.81. The van der Waals surface area contributed by atoms with Crippen LogP contribution >= 0.6 is 0 Å². The number of aliphatic hydroxyl groups is 7. The smallest absolute Gasteiger partial charge is 0.306 e. The van der Waals surface area contributed by atoms with Crippen molar-refractivity contribution in [2.24, 2.45) is 0 Å². The number of carbonyl (C=O) groups is 2. The van der Waals surface area contributed by atoms with E-state index in [4.69, 9.17) is 28.4 Å². The second-order valence-electron chi connectivity index (χ2n) is 15.9. The normalized spacial score (nSPS) is 27.9. The molecule has 2 fully saturated rings. The van der Waals surface area contributed by atoms with Gasteiger partial charge in [-0.15, -0.1) is 0 Å². The van der Waals surface area contributed by atoms with Crippen LogP contribution in [-0.2, 0) is 38.0 Å². The third kappa shape index (κ3) is 22.2. The van der Waals surface area contributed by atoms with Gasteiger partial charge in [-0.3, -0.25) is 9.59 Å². The summed E-state index contributed by atoms with van der Waals surface area (Å²) in [5, 5.41) is 71.7. The lowest BCUT2D eigenvalue weighted by atomic mass is 9.98. The van der Waals surface area contributed by atoms with E-state index < -0.39 is 92.7 Å². The Morgan fingerprint density at radius 2 is 1.00 bits per heavy atom. The lowest BCUT2D eigenvalue weighted by Crippen LogP contribution is -2.61. The lowest BCUT2D eigenvalue weighted by Gasteiger charge is -2.42. The molecule has 15 heteroatoms. The zero-order chi connectivity index (χ0) is 44.0. The van der Waals surface area contributed by atoms with E-state index in [2.05, 4.69) is 50.3 Å². The van der Waals surface area contributed by atoms with E-state index >= 15 is 0 Å². The van der Waals surface area contributed by atoms with Gasteiger partial charge in [0.25, 0.3) is 0 Å². The van der Waals surface area contributed by atoms with Gasteiger partial charge in [0.1, 0.15) is 55.4 Å². The van der Waals surface area contributed by atoms with Crippen LogP contribution in [0.15, 0.2) is 36.5 Å². The molecule has 0 aromatic heterocycles. The molecule has 4 unspecified atom stereocenters. The van der Waals surface area contributed by atoms with Crippen molar-refractivity contribution in [2.75, 3.05) is 26.4 Å². The number of hydrogen-bond acceptors (Lipinski definition) is 15. The Balaban J connectivity index is 1.82. The van der Waals surface area contributed by atoms with Crippen LogP contribution < -0.4 is 0 Å². The first kappa shape index (κ1) is 53.9. The molecule has 7 N–H and O–H groups in total. The van der Waals surface area contributed by atoms with Gasteiger partial charge in [0.05, 0.1) is 19.8 Å². The maximum Gasteiger partial charge on any atom is 0.306 e. The first-order valence-corrected chi connectivity index (χ1v) is 22.6. The molecule has 2 rings (SSSR count). The highest BCUT2D eigenvalue weighted by atomic mass is 16.7. The first-order valence-electron chi connectivity index (χ1n) is 22.6. The van der Waals surface area contributed by atoms with Crippen LogP contribution in [-0.4, -0.2) is 142 Å². The summed E-state index contributed by atoms with van der Waals surface area (Å²) in [7, 11) is 0. The molecule has 0 saturated carbocycles. The number of hydrogen-bond donors (Lipinski definition) is 7. The Morgan fingerprint density at radius 3 is 1.60 bits per heavy atom. The van der Waals surface area contributed by atoms with Crippen LogP contribution in [0.1, 0.15) is 142 Å². The van der Waals surface area contributed by atoms with Crippen LogP contribution in [0, 0.1) is 0 Å². The summed E-state index contributed by atoms with van der Waals surface area (Å²) in [6.45, 7) is 2.45. The van der Waals surface area contributed by atoms with E-state index in [1.165, 1.54) is 25.7 Å². The molecule has 0 amide bonds. The highest BCUT2D eigenvalue weighted by molar-refractivity contribution is 5.70. The number of ether oxygens (including phenoxy) is 6. The zero-order valence-electron chi connectivity index (χ0n) is 36.2. The summed E-state index contributed by atoms with van der Waals surface area (Å²) in [6.07, 6.45) is 15.0. The van der Waals surface area contributed by atoms with Crippen LogP contribution in [0.3, 0.4) is 0 Å². The van der Waals surface area contributed by atoms with E-state index in [-0.39, 0.29) is 26.1 Å². The molecule has 2 aliphatic rings. The summed E-state index contributed by atoms with van der Waals surface area (Å²) in [5.41, 5.74) is 0. The van der Waals surface area contributed by atoms with Crippen molar-refractivity contribution < 1.29 is 73.8 Å². The van der Waals surface area contributed by atoms with Gasteiger partial charge in [-0.2, -0.15) is 0 Å². The predicted molar refractivity (Wildman–Crippen MR) is 224 cm³/mol. The molecule has 0 spiro atoms. The molecule has 2 aliphatic heterocycles. The van der Waals surface area contributed by atoms with Gasteiger partial charge < -0.3 is 64.2 Å². The van der Waals surface area contributed by atoms with Crippen LogP contribution in [0.2, 0.25) is 0 Å². The average molecular weight is 859 g/mol. The summed E-state index contributed by atoms with van der Waals surface area (Å²) in [6, 6.07) is 0. The number of allylic oxidation sites excluding steroid dienone is 6. The van der Waals surface area contributed by atoms with E-state index in [1.54, 1.807) is 0 Å². The third-order valence-corrected chi connectivity index (χ3v) is 10.6. The standard InChI is InChI=1S/C45H78O15/c1-3-5-7-9-11-12-13-14-15-16-17-18-19-20-22-23-25-27-36(47)55-30-33(58-37(48)28-26-24-21-10-8-6-4-2)31-56-44-43(54)41(52)39(50)35(60-44)32-57-45-42(53)40(51)38(49)34(29-46)59-45/h11-12,14-15,17-18,33-35,38-46,49-54H,3-10,13,16,19-32H2,1-2H3/b12-11+,15-14+,18-17+/t33-,34+,35+,38-,39-,40?,41?,42?,43?,44+,45+/m0/s1. The minimum absolute atomic E-state index is 0.159. The molecule has 348 valence electrons. The Hall–Kier alpha value is -2.28. The minimum Gasteiger partial charge on any atom is -0.462 e. The fourth-order valence-electron chi connectivity index (χ4n) is 6.81. The van der Waals surface area contributed by atoms with Crippen molar-refractivity contribution in [1.82, 2.24) is 0 Å². The highest BCUT2D eigenvalue weighted by Crippen LogP contribution is 2.26. The fraction of sp³-hybridized carbons (Fsp3) is 0.822. The molecule has 0 radical (unpaired) electrons. The molecule has 15 nitrogen and oxygen atoms in total. The van der Waals surface area contributed by atoms with Gasteiger partial charge in [0.15, 0.2) is 18.7 Å². The number of rotatable bonds is 33. The van der Waals surface area contributed by atoms with Gasteiger partial charge in [-0.1, -0.05) is 115 Å². The van der Waals surface area contributed by atoms with Crippen LogP contribution in [0.5, 0.6) is 0 Å². The summed E-state index contributed by atoms with van der Waals surface area (Å²) < 4.78 is 33.3. The molecule has 60 heavy (non-hydrogen) atoms. The number of aliphatic hydroxyl groups excluding tert-OH is 7. The van der Waals surface area contributed by atoms with Gasteiger partial charge >= 0.3 is 11.9 Å². The molecule has 0 aromatic rings. The van der Waals surface area contributed by atoms with E-state index in [1.807, 2.05) is 0 Å². The molecular weight excluding hydrogens is 780 g/mol. The topological polar surface area (TPSA) is 231 Å². The Labute approximate surface area is 357 Å². The lowest BCUT2D eigenvalue weighted by molar-refractivity contribution is -0.332. The van der Waals surface area contributed by atoms with Crippen molar-refractivity contribution >= 4 is 11.9 Å². The van der Waals surface area contributed by atoms with Crippen molar-refractivity contribution in [3.05, 3.63) is 36.5 Å². The molecule has 0 bridgehead atoms. The average Bonchev–Trinajstić information content (AvgIpc) is 3.24. The van der Waals surface area contributed by atoms with Crippen molar-refractivity contribution in [1.29, 1.82) is 0 Å².